The molecular formula is C21H29N7O2S. The minimum atomic E-state index is -0.842. The number of carbonyl (C=O) groups is 1. The van der Waals surface area contributed by atoms with Crippen molar-refractivity contribution in [2.75, 3.05) is 6.54 Å². The predicted octanol–water partition coefficient (Wildman–Crippen LogP) is 3.81. The third-order valence-electron chi connectivity index (χ3n) is 5.97. The minimum Gasteiger partial charge on any atom is -0.465 e. The van der Waals surface area contributed by atoms with Crippen LogP contribution in [0.3, 0.4) is 0 Å². The van der Waals surface area contributed by atoms with Crippen molar-refractivity contribution < 1.29 is 9.90 Å². The van der Waals surface area contributed by atoms with E-state index in [0.29, 0.717) is 12.5 Å². The highest BCUT2D eigenvalue weighted by atomic mass is 32.2. The third-order valence-corrected chi connectivity index (χ3v) is 7.35. The molecular weight excluding hydrogens is 414 g/mol. The maximum Gasteiger partial charge on any atom is 0.407 e. The van der Waals surface area contributed by atoms with E-state index < -0.39 is 6.09 Å². The highest BCUT2D eigenvalue weighted by Gasteiger charge is 2.38. The Morgan fingerprint density at radius 2 is 2.13 bits per heavy atom. The predicted molar refractivity (Wildman–Crippen MR) is 120 cm³/mol. The molecule has 0 aromatic carbocycles. The number of fused-ring (bicyclic) bond motifs is 1. The molecule has 1 amide bonds. The van der Waals surface area contributed by atoms with Crippen LogP contribution in [0.1, 0.15) is 39.3 Å². The molecule has 0 saturated carbocycles. The summed E-state index contributed by atoms with van der Waals surface area (Å²) in [4.78, 5) is 27.2. The van der Waals surface area contributed by atoms with Crippen molar-refractivity contribution in [3.63, 3.8) is 0 Å². The maximum absolute atomic E-state index is 11.7. The number of nitrogens with zero attached hydrogens (tertiary/aromatic N) is 7. The number of hydrogen-bond acceptors (Lipinski definition) is 6. The Labute approximate surface area is 185 Å². The van der Waals surface area contributed by atoms with Gasteiger partial charge in [0.05, 0.1) is 11.8 Å². The number of aromatic nitrogens is 6. The van der Waals surface area contributed by atoms with Gasteiger partial charge in [0, 0.05) is 37.1 Å². The molecule has 0 radical (unpaired) electrons. The summed E-state index contributed by atoms with van der Waals surface area (Å²) in [7, 11) is 1.96. The second-order valence-corrected chi connectivity index (χ2v) is 9.65. The van der Waals surface area contributed by atoms with Crippen LogP contribution >= 0.6 is 11.8 Å². The lowest BCUT2D eigenvalue weighted by Crippen LogP contribution is -2.38. The van der Waals surface area contributed by atoms with E-state index >= 15 is 0 Å². The number of carboxylic acid groups (broad SMARTS) is 1. The zero-order chi connectivity index (χ0) is 22.3. The molecule has 10 heteroatoms. The Morgan fingerprint density at radius 1 is 1.35 bits per heavy atom. The van der Waals surface area contributed by atoms with Crippen LogP contribution in [0.5, 0.6) is 0 Å². The second-order valence-electron chi connectivity index (χ2n) is 8.42. The number of amides is 1. The topological polar surface area (TPSA) is 102 Å². The Bertz CT molecular complexity index is 1110. The van der Waals surface area contributed by atoms with Gasteiger partial charge in [-0.15, -0.1) is 0 Å². The molecule has 1 N–H and O–H groups in total. The van der Waals surface area contributed by atoms with E-state index in [2.05, 4.69) is 35.8 Å². The summed E-state index contributed by atoms with van der Waals surface area (Å²) >= 11 is 1.63. The lowest BCUT2D eigenvalue weighted by Gasteiger charge is -2.27. The van der Waals surface area contributed by atoms with Crippen molar-refractivity contribution in [2.24, 2.45) is 13.0 Å². The zero-order valence-corrected chi connectivity index (χ0v) is 19.4. The van der Waals surface area contributed by atoms with E-state index in [1.165, 1.54) is 0 Å². The summed E-state index contributed by atoms with van der Waals surface area (Å²) < 4.78 is 3.93. The van der Waals surface area contributed by atoms with E-state index in [0.717, 1.165) is 52.7 Å². The van der Waals surface area contributed by atoms with Crippen LogP contribution in [0.4, 0.5) is 4.79 Å². The first-order valence-corrected chi connectivity index (χ1v) is 11.6. The first-order valence-electron chi connectivity index (χ1n) is 10.7. The second kappa shape index (κ2) is 8.49. The summed E-state index contributed by atoms with van der Waals surface area (Å²) in [5.41, 5.74) is 3.57. The van der Waals surface area contributed by atoms with Crippen LogP contribution in [-0.2, 0) is 13.6 Å². The van der Waals surface area contributed by atoms with E-state index in [9.17, 15) is 9.90 Å². The van der Waals surface area contributed by atoms with Gasteiger partial charge >= 0.3 is 6.09 Å². The molecule has 2 atom stereocenters. The Kier molecular flexibility index (Phi) is 5.92. The summed E-state index contributed by atoms with van der Waals surface area (Å²) in [6.45, 7) is 9.73. The fraction of sp³-hybridized carbons (Fsp3) is 0.571. The standard InChI is InChI=1S/C21H29N7O2S/c1-6-28-13(4)14(10-24-28)18-25-17-19(26(18)5)22-11-23-20(17)31-16-7-8-27(21(29)30)15(16)9-12(2)3/h10-12,15-16H,6-9H2,1-5H3,(H,29,30). The quantitative estimate of drug-likeness (QED) is 0.578. The van der Waals surface area contributed by atoms with Crippen LogP contribution in [0.15, 0.2) is 17.6 Å². The molecule has 0 spiro atoms. The molecule has 1 aliphatic rings. The molecule has 4 heterocycles. The number of imidazole rings is 1. The maximum atomic E-state index is 11.7. The first kappa shape index (κ1) is 21.6. The fourth-order valence-electron chi connectivity index (χ4n) is 4.40. The van der Waals surface area contributed by atoms with Crippen molar-refractivity contribution in [3.8, 4) is 11.4 Å². The monoisotopic (exact) mass is 443 g/mol. The van der Waals surface area contributed by atoms with Crippen molar-refractivity contribution in [1.29, 1.82) is 0 Å². The molecule has 1 fully saturated rings. The molecule has 2 unspecified atom stereocenters. The third kappa shape index (κ3) is 3.88. The lowest BCUT2D eigenvalue weighted by molar-refractivity contribution is 0.136. The molecule has 4 rings (SSSR count). The van der Waals surface area contributed by atoms with Gasteiger partial charge in [-0.25, -0.2) is 19.7 Å². The van der Waals surface area contributed by atoms with Gasteiger partial charge < -0.3 is 14.6 Å². The normalized spacial score (nSPS) is 19.1. The number of aryl methyl sites for hydroxylation is 2. The van der Waals surface area contributed by atoms with Crippen molar-refractivity contribution in [2.45, 2.75) is 63.4 Å². The van der Waals surface area contributed by atoms with Gasteiger partial charge in [-0.05, 0) is 32.6 Å². The highest BCUT2D eigenvalue weighted by Crippen LogP contribution is 2.38. The molecule has 1 saturated heterocycles. The van der Waals surface area contributed by atoms with Crippen LogP contribution < -0.4 is 0 Å². The Morgan fingerprint density at radius 3 is 2.77 bits per heavy atom. The van der Waals surface area contributed by atoms with Gasteiger partial charge in [0.1, 0.15) is 22.7 Å². The van der Waals surface area contributed by atoms with Gasteiger partial charge in [-0.1, -0.05) is 25.6 Å². The molecule has 0 aliphatic carbocycles. The fourth-order valence-corrected chi connectivity index (χ4v) is 5.68. The van der Waals surface area contributed by atoms with E-state index in [-0.39, 0.29) is 11.3 Å². The van der Waals surface area contributed by atoms with Gasteiger partial charge in [0.15, 0.2) is 5.65 Å². The lowest BCUT2D eigenvalue weighted by atomic mass is 10.0. The molecule has 166 valence electrons. The molecule has 31 heavy (non-hydrogen) atoms. The Hall–Kier alpha value is -2.62. The van der Waals surface area contributed by atoms with Crippen molar-refractivity contribution in [3.05, 3.63) is 18.2 Å². The molecule has 3 aromatic heterocycles. The number of rotatable bonds is 6. The molecule has 1 aliphatic heterocycles. The van der Waals surface area contributed by atoms with Gasteiger partial charge in [0.25, 0.3) is 0 Å². The minimum absolute atomic E-state index is 0.0271. The SMILES string of the molecule is CCn1ncc(-c2nc3c(SC4CCN(C(=O)O)C4CC(C)C)ncnc3n2C)c1C. The van der Waals surface area contributed by atoms with E-state index in [1.807, 2.05) is 29.4 Å². The first-order chi connectivity index (χ1) is 14.8. The summed E-state index contributed by atoms with van der Waals surface area (Å²) in [5, 5.41) is 15.0. The van der Waals surface area contributed by atoms with Gasteiger partial charge in [0.2, 0.25) is 0 Å². The number of thioether (sulfide) groups is 1. The van der Waals surface area contributed by atoms with Crippen molar-refractivity contribution in [1.82, 2.24) is 34.2 Å². The summed E-state index contributed by atoms with van der Waals surface area (Å²) in [6, 6.07) is -0.0271. The zero-order valence-electron chi connectivity index (χ0n) is 18.6. The average molecular weight is 444 g/mol. The van der Waals surface area contributed by atoms with Crippen LogP contribution in [0.2, 0.25) is 0 Å². The summed E-state index contributed by atoms with van der Waals surface area (Å²) in [6.07, 6.45) is 4.22. The van der Waals surface area contributed by atoms with Crippen LogP contribution in [0, 0.1) is 12.8 Å². The van der Waals surface area contributed by atoms with Crippen LogP contribution in [0.25, 0.3) is 22.6 Å². The number of likely N-dealkylation sites (tertiary alicyclic amines) is 1. The van der Waals surface area contributed by atoms with E-state index in [4.69, 9.17) is 4.98 Å². The van der Waals surface area contributed by atoms with Crippen LogP contribution in [-0.4, -0.2) is 63.2 Å². The van der Waals surface area contributed by atoms with Gasteiger partial charge in [-0.3, -0.25) is 4.68 Å². The largest absolute Gasteiger partial charge is 0.465 e. The molecule has 3 aromatic rings. The Balaban J connectivity index is 1.70. The number of hydrogen-bond donors (Lipinski definition) is 1. The van der Waals surface area contributed by atoms with Crippen molar-refractivity contribution >= 4 is 29.0 Å². The highest BCUT2D eigenvalue weighted by molar-refractivity contribution is 8.00. The van der Waals surface area contributed by atoms with E-state index in [1.54, 1.807) is 23.0 Å². The smallest absolute Gasteiger partial charge is 0.407 e. The average Bonchev–Trinajstić information content (AvgIpc) is 3.38. The van der Waals surface area contributed by atoms with Gasteiger partial charge in [-0.2, -0.15) is 5.10 Å². The molecule has 0 bridgehead atoms. The molecule has 9 nitrogen and oxygen atoms in total. The summed E-state index contributed by atoms with van der Waals surface area (Å²) in [5.74, 6) is 1.23.